The van der Waals surface area contributed by atoms with E-state index in [1.54, 1.807) is 45.0 Å². The molecule has 2 heterocycles. The molecule has 42 heavy (non-hydrogen) atoms. The van der Waals surface area contributed by atoms with Gasteiger partial charge in [0.05, 0.1) is 18.1 Å². The van der Waals surface area contributed by atoms with Crippen LogP contribution in [-0.2, 0) is 20.7 Å². The number of alkyl halides is 3. The lowest BCUT2D eigenvalue weighted by Gasteiger charge is -2.23. The summed E-state index contributed by atoms with van der Waals surface area (Å²) in [6.45, 7) is 5.12. The second-order valence-corrected chi connectivity index (χ2v) is 10.2. The first-order chi connectivity index (χ1) is 19.6. The monoisotopic (exact) mass is 587 g/mol. The number of ether oxygens (including phenoxy) is 2. The van der Waals surface area contributed by atoms with Crippen LogP contribution in [0.2, 0.25) is 0 Å². The number of rotatable bonds is 7. The Balaban J connectivity index is 1.50. The maximum absolute atomic E-state index is 13.0. The molecule has 15 heteroatoms. The zero-order valence-corrected chi connectivity index (χ0v) is 22.5. The van der Waals surface area contributed by atoms with Gasteiger partial charge in [-0.2, -0.15) is 10.2 Å². The zero-order chi connectivity index (χ0) is 30.8. The maximum atomic E-state index is 13.0. The van der Waals surface area contributed by atoms with Crippen molar-refractivity contribution in [3.63, 3.8) is 0 Å². The first kappa shape index (κ1) is 29.8. The summed E-state index contributed by atoms with van der Waals surface area (Å²) in [5.41, 5.74) is 0.818. The number of fused-ring (bicyclic) bond motifs is 1. The number of alkyl carbamates (subject to hydrolysis) is 1. The van der Waals surface area contributed by atoms with Crippen LogP contribution in [0.4, 0.5) is 23.7 Å². The van der Waals surface area contributed by atoms with E-state index >= 15 is 0 Å². The molecule has 2 aromatic carbocycles. The summed E-state index contributed by atoms with van der Waals surface area (Å²) >= 11 is 0. The number of carbonyl (C=O) groups excluding carboxylic acids is 2. The van der Waals surface area contributed by atoms with E-state index in [1.807, 2.05) is 0 Å². The van der Waals surface area contributed by atoms with Crippen molar-refractivity contribution in [2.45, 2.75) is 51.6 Å². The van der Waals surface area contributed by atoms with Crippen LogP contribution in [-0.4, -0.2) is 57.8 Å². The molecule has 0 radical (unpaired) electrons. The van der Waals surface area contributed by atoms with Crippen LogP contribution in [0, 0.1) is 11.3 Å². The standard InChI is InChI=1S/C27H24F3N5O7/c1-26(2,3)41-25(39)32-19(24(37)38)12-21(36)35-7-6-15-10-16(4-5-20(15)35)22-33-23(42-34-22)17-8-14(13-31)9-18(11-17)40-27(28,29)30/h4-5,8-11,19H,6-7,12H2,1-3H3,(H,32,39)(H,37,38). The fourth-order valence-corrected chi connectivity index (χ4v) is 4.17. The minimum Gasteiger partial charge on any atom is -0.480 e. The summed E-state index contributed by atoms with van der Waals surface area (Å²) in [6.07, 6.45) is -6.00. The van der Waals surface area contributed by atoms with Gasteiger partial charge in [0, 0.05) is 23.4 Å². The van der Waals surface area contributed by atoms with Crippen LogP contribution in [0.15, 0.2) is 40.9 Å². The van der Waals surface area contributed by atoms with Crippen molar-refractivity contribution in [3.8, 4) is 34.7 Å². The lowest BCUT2D eigenvalue weighted by Crippen LogP contribution is -2.46. The van der Waals surface area contributed by atoms with E-state index < -0.39 is 48.1 Å². The largest absolute Gasteiger partial charge is 0.573 e. The van der Waals surface area contributed by atoms with E-state index in [1.165, 1.54) is 11.0 Å². The lowest BCUT2D eigenvalue weighted by molar-refractivity contribution is -0.274. The van der Waals surface area contributed by atoms with Crippen molar-refractivity contribution in [2.24, 2.45) is 0 Å². The number of amides is 2. The van der Waals surface area contributed by atoms with E-state index in [0.29, 0.717) is 17.7 Å². The van der Waals surface area contributed by atoms with E-state index in [4.69, 9.17) is 9.26 Å². The summed E-state index contributed by atoms with van der Waals surface area (Å²) in [5.74, 6) is -2.59. The van der Waals surface area contributed by atoms with Gasteiger partial charge in [0.2, 0.25) is 11.7 Å². The minimum absolute atomic E-state index is 0.0398. The minimum atomic E-state index is -4.96. The van der Waals surface area contributed by atoms with Crippen molar-refractivity contribution in [3.05, 3.63) is 47.5 Å². The van der Waals surface area contributed by atoms with Crippen LogP contribution >= 0.6 is 0 Å². The van der Waals surface area contributed by atoms with Crippen LogP contribution in [0.3, 0.4) is 0 Å². The predicted octanol–water partition coefficient (Wildman–Crippen LogP) is 4.43. The molecule has 3 aromatic rings. The molecule has 1 unspecified atom stereocenters. The molecule has 220 valence electrons. The Bertz CT molecular complexity index is 1570. The molecule has 12 nitrogen and oxygen atoms in total. The number of carboxylic acid groups (broad SMARTS) is 1. The van der Waals surface area contributed by atoms with Crippen LogP contribution in [0.1, 0.15) is 38.3 Å². The van der Waals surface area contributed by atoms with Crippen LogP contribution < -0.4 is 15.0 Å². The van der Waals surface area contributed by atoms with Crippen molar-refractivity contribution >= 4 is 23.7 Å². The van der Waals surface area contributed by atoms with Crippen molar-refractivity contribution in [1.82, 2.24) is 15.5 Å². The summed E-state index contributed by atoms with van der Waals surface area (Å²) in [7, 11) is 0. The number of nitrogens with one attached hydrogen (secondary N) is 1. The highest BCUT2D eigenvalue weighted by molar-refractivity contribution is 5.98. The number of halogens is 3. The predicted molar refractivity (Wildman–Crippen MR) is 138 cm³/mol. The summed E-state index contributed by atoms with van der Waals surface area (Å²) < 4.78 is 52.3. The summed E-state index contributed by atoms with van der Waals surface area (Å²) in [4.78, 5) is 42.4. The quantitative estimate of drug-likeness (QED) is 0.403. The van der Waals surface area contributed by atoms with Gasteiger partial charge in [0.25, 0.3) is 5.89 Å². The molecule has 0 saturated heterocycles. The van der Waals surface area contributed by atoms with E-state index in [9.17, 15) is 37.9 Å². The van der Waals surface area contributed by atoms with Gasteiger partial charge in [-0.25, -0.2) is 9.59 Å². The number of aliphatic carboxylic acids is 1. The number of carbonyl (C=O) groups is 3. The molecular weight excluding hydrogens is 563 g/mol. The third kappa shape index (κ3) is 7.33. The topological polar surface area (TPSA) is 168 Å². The van der Waals surface area contributed by atoms with E-state index in [0.717, 1.165) is 17.7 Å². The number of anilines is 1. The maximum Gasteiger partial charge on any atom is 0.573 e. The second kappa shape index (κ2) is 11.4. The summed E-state index contributed by atoms with van der Waals surface area (Å²) in [5, 5.41) is 24.8. The molecule has 0 aliphatic carbocycles. The van der Waals surface area contributed by atoms with Gasteiger partial charge in [-0.15, -0.1) is 13.2 Å². The summed E-state index contributed by atoms with van der Waals surface area (Å²) in [6, 6.07) is 8.37. The molecular formula is C27H24F3N5O7. The van der Waals surface area contributed by atoms with Gasteiger partial charge >= 0.3 is 18.4 Å². The van der Waals surface area contributed by atoms with E-state index in [2.05, 4.69) is 20.2 Å². The SMILES string of the molecule is CC(C)(C)OC(=O)NC(CC(=O)N1CCc2cc(-c3noc(-c4cc(C#N)cc(OC(F)(F)F)c4)n3)ccc21)C(=O)O. The number of carboxylic acids is 1. The number of hydrogen-bond acceptors (Lipinski definition) is 9. The number of nitrogens with zero attached hydrogens (tertiary/aromatic N) is 4. The Morgan fingerprint density at radius 2 is 1.90 bits per heavy atom. The molecule has 0 saturated carbocycles. The van der Waals surface area contributed by atoms with Crippen molar-refractivity contribution < 1.29 is 46.7 Å². The molecule has 0 fully saturated rings. The fraction of sp³-hybridized carbons (Fsp3) is 0.333. The Kier molecular flexibility index (Phi) is 8.10. The highest BCUT2D eigenvalue weighted by atomic mass is 19.4. The molecule has 1 aliphatic rings. The molecule has 2 N–H and O–H groups in total. The Morgan fingerprint density at radius 1 is 1.17 bits per heavy atom. The molecule has 1 atom stereocenters. The number of aromatic nitrogens is 2. The van der Waals surface area contributed by atoms with Gasteiger partial charge < -0.3 is 29.3 Å². The number of benzene rings is 2. The van der Waals surface area contributed by atoms with Crippen molar-refractivity contribution in [2.75, 3.05) is 11.4 Å². The molecule has 2 amide bonds. The van der Waals surface area contributed by atoms with Gasteiger partial charge in [-0.1, -0.05) is 5.16 Å². The average molecular weight is 588 g/mol. The van der Waals surface area contributed by atoms with Gasteiger partial charge in [0.1, 0.15) is 17.4 Å². The third-order valence-electron chi connectivity index (χ3n) is 5.84. The van der Waals surface area contributed by atoms with E-state index in [-0.39, 0.29) is 29.4 Å². The van der Waals surface area contributed by atoms with Gasteiger partial charge in [-0.3, -0.25) is 4.79 Å². The third-order valence-corrected chi connectivity index (χ3v) is 5.84. The smallest absolute Gasteiger partial charge is 0.480 e. The number of hydrogen-bond donors (Lipinski definition) is 2. The molecule has 0 bridgehead atoms. The first-order valence-corrected chi connectivity index (χ1v) is 12.4. The van der Waals surface area contributed by atoms with Gasteiger partial charge in [-0.05, 0) is 69.2 Å². The Morgan fingerprint density at radius 3 is 2.55 bits per heavy atom. The fourth-order valence-electron chi connectivity index (χ4n) is 4.17. The Labute approximate surface area is 236 Å². The normalized spacial score (nSPS) is 13.6. The van der Waals surface area contributed by atoms with Crippen molar-refractivity contribution in [1.29, 1.82) is 5.26 Å². The highest BCUT2D eigenvalue weighted by Crippen LogP contribution is 2.34. The van der Waals surface area contributed by atoms with Crippen LogP contribution in [0.25, 0.3) is 22.8 Å². The Hall–Kier alpha value is -5.13. The number of nitriles is 1. The van der Waals surface area contributed by atoms with Gasteiger partial charge in [0.15, 0.2) is 0 Å². The molecule has 1 aliphatic heterocycles. The highest BCUT2D eigenvalue weighted by Gasteiger charge is 2.33. The first-order valence-electron chi connectivity index (χ1n) is 12.4. The van der Waals surface area contributed by atoms with Crippen LogP contribution in [0.5, 0.6) is 5.75 Å². The molecule has 4 rings (SSSR count). The molecule has 0 spiro atoms. The molecule has 1 aromatic heterocycles. The average Bonchev–Trinajstić information content (AvgIpc) is 3.53. The second-order valence-electron chi connectivity index (χ2n) is 10.2. The lowest BCUT2D eigenvalue weighted by atomic mass is 10.1. The zero-order valence-electron chi connectivity index (χ0n) is 22.5.